The van der Waals surface area contributed by atoms with Gasteiger partial charge in [-0.05, 0) is 37.3 Å². The van der Waals surface area contributed by atoms with E-state index < -0.39 is 29.2 Å². The van der Waals surface area contributed by atoms with Gasteiger partial charge in [0.15, 0.2) is 5.82 Å². The zero-order chi connectivity index (χ0) is 17.3. The van der Waals surface area contributed by atoms with Gasteiger partial charge in [-0.25, -0.2) is 9.97 Å². The summed E-state index contributed by atoms with van der Waals surface area (Å²) in [6.45, 7) is 1.82. The molecule has 0 spiro atoms. The third-order valence-electron chi connectivity index (χ3n) is 3.20. The van der Waals surface area contributed by atoms with Crippen LogP contribution in [0.4, 0.5) is 28.9 Å². The van der Waals surface area contributed by atoms with Gasteiger partial charge in [-0.2, -0.15) is 22.5 Å². The Labute approximate surface area is 134 Å². The number of nitrogens with zero attached hydrogens (tertiary/aromatic N) is 3. The first-order valence-corrected chi connectivity index (χ1v) is 6.83. The minimum absolute atomic E-state index is 0.231. The van der Waals surface area contributed by atoms with Crippen LogP contribution in [0.1, 0.15) is 5.69 Å². The van der Waals surface area contributed by atoms with E-state index in [0.717, 1.165) is 5.69 Å². The second-order valence-electron chi connectivity index (χ2n) is 4.92. The van der Waals surface area contributed by atoms with Crippen LogP contribution in [0.25, 0.3) is 11.4 Å². The van der Waals surface area contributed by atoms with Gasteiger partial charge in [0.05, 0.1) is 0 Å². The number of rotatable bonds is 3. The molecule has 0 aliphatic rings. The van der Waals surface area contributed by atoms with Gasteiger partial charge in [0, 0.05) is 23.1 Å². The van der Waals surface area contributed by atoms with Crippen LogP contribution in [-0.4, -0.2) is 15.0 Å². The molecule has 0 radical (unpaired) electrons. The van der Waals surface area contributed by atoms with E-state index in [1.165, 1.54) is 12.1 Å². The van der Waals surface area contributed by atoms with Gasteiger partial charge in [0.25, 0.3) is 11.9 Å². The van der Waals surface area contributed by atoms with Gasteiger partial charge in [-0.3, -0.25) is 0 Å². The lowest BCUT2D eigenvalue weighted by Gasteiger charge is -2.10. The summed E-state index contributed by atoms with van der Waals surface area (Å²) in [5.74, 6) is -6.15. The third kappa shape index (κ3) is 3.03. The Morgan fingerprint density at radius 3 is 2.04 bits per heavy atom. The van der Waals surface area contributed by atoms with E-state index in [0.29, 0.717) is 11.4 Å². The highest BCUT2D eigenvalue weighted by molar-refractivity contribution is 5.65. The van der Waals surface area contributed by atoms with Gasteiger partial charge in [0.1, 0.15) is 5.69 Å². The second-order valence-corrected chi connectivity index (χ2v) is 4.92. The number of hydrogen-bond acceptors (Lipinski definition) is 4. The number of aromatic nitrogens is 3. The van der Waals surface area contributed by atoms with Crippen molar-refractivity contribution >= 4 is 11.4 Å². The van der Waals surface area contributed by atoms with Crippen molar-refractivity contribution in [2.45, 2.75) is 6.92 Å². The zero-order valence-electron chi connectivity index (χ0n) is 12.3. The smallest absolute Gasteiger partial charge is 0.253 e. The lowest BCUT2D eigenvalue weighted by atomic mass is 10.2. The van der Waals surface area contributed by atoms with Gasteiger partial charge >= 0.3 is 0 Å². The molecule has 0 saturated carbocycles. The maximum atomic E-state index is 13.6. The van der Waals surface area contributed by atoms with Crippen molar-refractivity contribution in [3.05, 3.63) is 65.8 Å². The quantitative estimate of drug-likeness (QED) is 0.577. The molecule has 0 fully saturated rings. The van der Waals surface area contributed by atoms with Gasteiger partial charge in [-0.1, -0.05) is 0 Å². The lowest BCUT2D eigenvalue weighted by molar-refractivity contribution is 0.411. The Morgan fingerprint density at radius 2 is 1.46 bits per heavy atom. The molecule has 1 aromatic carbocycles. The number of hydrogen-bond donors (Lipinski definition) is 1. The van der Waals surface area contributed by atoms with Crippen molar-refractivity contribution in [1.29, 1.82) is 0 Å². The number of aryl methyl sites for hydroxylation is 1. The zero-order valence-corrected chi connectivity index (χ0v) is 12.3. The van der Waals surface area contributed by atoms with Crippen molar-refractivity contribution in [3.8, 4) is 11.4 Å². The molecule has 0 amide bonds. The SMILES string of the molecule is Cc1ccnc(-c2ccc(Nc3c(F)c(F)nc(F)c3F)cc2)n1. The van der Waals surface area contributed by atoms with E-state index in [1.54, 1.807) is 24.4 Å². The number of benzene rings is 1. The summed E-state index contributed by atoms with van der Waals surface area (Å²) in [6, 6.07) is 7.94. The van der Waals surface area contributed by atoms with Gasteiger partial charge in [0.2, 0.25) is 11.6 Å². The second kappa shape index (κ2) is 6.23. The van der Waals surface area contributed by atoms with Crippen LogP contribution < -0.4 is 5.32 Å². The molecule has 2 aromatic heterocycles. The van der Waals surface area contributed by atoms with Gasteiger partial charge < -0.3 is 5.32 Å². The number of pyridine rings is 1. The largest absolute Gasteiger partial charge is 0.350 e. The van der Waals surface area contributed by atoms with Crippen molar-refractivity contribution in [2.75, 3.05) is 5.32 Å². The molecule has 4 nitrogen and oxygen atoms in total. The maximum Gasteiger partial charge on any atom is 0.253 e. The third-order valence-corrected chi connectivity index (χ3v) is 3.20. The van der Waals surface area contributed by atoms with Crippen molar-refractivity contribution in [3.63, 3.8) is 0 Å². The molecule has 2 heterocycles. The summed E-state index contributed by atoms with van der Waals surface area (Å²) in [5, 5.41) is 2.30. The molecule has 122 valence electrons. The Balaban J connectivity index is 1.90. The summed E-state index contributed by atoms with van der Waals surface area (Å²) >= 11 is 0. The summed E-state index contributed by atoms with van der Waals surface area (Å²) in [4.78, 5) is 10.9. The summed E-state index contributed by atoms with van der Waals surface area (Å²) in [7, 11) is 0. The molecule has 0 bridgehead atoms. The van der Waals surface area contributed by atoms with Crippen molar-refractivity contribution in [2.24, 2.45) is 0 Å². The minimum Gasteiger partial charge on any atom is -0.350 e. The summed E-state index contributed by atoms with van der Waals surface area (Å²) in [5.41, 5.74) is 0.750. The minimum atomic E-state index is -1.72. The first-order chi connectivity index (χ1) is 11.5. The van der Waals surface area contributed by atoms with Crippen LogP contribution >= 0.6 is 0 Å². The van der Waals surface area contributed by atoms with E-state index in [2.05, 4.69) is 20.3 Å². The fourth-order valence-corrected chi connectivity index (χ4v) is 2.03. The van der Waals surface area contributed by atoms with Crippen LogP contribution in [0.2, 0.25) is 0 Å². The van der Waals surface area contributed by atoms with Crippen molar-refractivity contribution in [1.82, 2.24) is 15.0 Å². The molecule has 0 aliphatic heterocycles. The lowest BCUT2D eigenvalue weighted by Crippen LogP contribution is -2.06. The molecule has 24 heavy (non-hydrogen) atoms. The summed E-state index contributed by atoms with van der Waals surface area (Å²) in [6.07, 6.45) is 1.61. The highest BCUT2D eigenvalue weighted by Crippen LogP contribution is 2.27. The predicted octanol–water partition coefficient (Wildman–Crippen LogP) is 4.15. The van der Waals surface area contributed by atoms with Gasteiger partial charge in [-0.15, -0.1) is 0 Å². The Kier molecular flexibility index (Phi) is 4.11. The molecule has 1 N–H and O–H groups in total. The highest BCUT2D eigenvalue weighted by Gasteiger charge is 2.20. The average molecular weight is 334 g/mol. The van der Waals surface area contributed by atoms with E-state index in [-0.39, 0.29) is 5.69 Å². The maximum absolute atomic E-state index is 13.6. The molecule has 0 aliphatic carbocycles. The topological polar surface area (TPSA) is 50.7 Å². The predicted molar refractivity (Wildman–Crippen MR) is 79.6 cm³/mol. The first kappa shape index (κ1) is 15.9. The van der Waals surface area contributed by atoms with Crippen LogP contribution in [0, 0.1) is 30.5 Å². The Bertz CT molecular complexity index is 871. The molecule has 0 saturated heterocycles. The molecular formula is C16H10F4N4. The Morgan fingerprint density at radius 1 is 0.833 bits per heavy atom. The van der Waals surface area contributed by atoms with Crippen LogP contribution in [0.5, 0.6) is 0 Å². The van der Waals surface area contributed by atoms with E-state index in [9.17, 15) is 17.6 Å². The molecule has 3 aromatic rings. The van der Waals surface area contributed by atoms with E-state index in [4.69, 9.17) is 0 Å². The first-order valence-electron chi connectivity index (χ1n) is 6.83. The molecule has 0 unspecified atom stereocenters. The molecular weight excluding hydrogens is 324 g/mol. The molecule has 8 heteroatoms. The van der Waals surface area contributed by atoms with Crippen LogP contribution in [0.15, 0.2) is 36.5 Å². The van der Waals surface area contributed by atoms with Crippen molar-refractivity contribution < 1.29 is 17.6 Å². The van der Waals surface area contributed by atoms with E-state index >= 15 is 0 Å². The normalized spacial score (nSPS) is 10.7. The van der Waals surface area contributed by atoms with Crippen LogP contribution in [-0.2, 0) is 0 Å². The number of anilines is 2. The summed E-state index contributed by atoms with van der Waals surface area (Å²) < 4.78 is 53.4. The molecule has 0 atom stereocenters. The molecule has 3 rings (SSSR count). The Hall–Kier alpha value is -3.03. The fourth-order valence-electron chi connectivity index (χ4n) is 2.03. The monoisotopic (exact) mass is 334 g/mol. The number of nitrogens with one attached hydrogen (secondary N) is 1. The fraction of sp³-hybridized carbons (Fsp3) is 0.0625. The highest BCUT2D eigenvalue weighted by atomic mass is 19.2. The van der Waals surface area contributed by atoms with Crippen LogP contribution in [0.3, 0.4) is 0 Å². The van der Waals surface area contributed by atoms with E-state index in [1.807, 2.05) is 6.92 Å². The standard InChI is InChI=1S/C16H10F4N4/c1-8-6-7-21-16(22-8)9-2-4-10(5-3-9)23-13-11(17)14(19)24-15(20)12(13)18/h2-7H,1H3,(H,23,24). The number of halogens is 4. The average Bonchev–Trinajstić information content (AvgIpc) is 2.57.